The van der Waals surface area contributed by atoms with Crippen molar-refractivity contribution in [2.45, 2.75) is 13.3 Å². The number of hydrogen-bond acceptors (Lipinski definition) is 6. The molecule has 1 aliphatic rings. The Hall–Kier alpha value is -2.34. The van der Waals surface area contributed by atoms with Gasteiger partial charge in [0.25, 0.3) is 0 Å². The molecule has 2 N–H and O–H groups in total. The van der Waals surface area contributed by atoms with Crippen molar-refractivity contribution in [2.24, 2.45) is 0 Å². The minimum Gasteiger partial charge on any atom is -0.370 e. The predicted molar refractivity (Wildman–Crippen MR) is 100 cm³/mol. The van der Waals surface area contributed by atoms with Crippen LogP contribution in [0.4, 0.5) is 23.1 Å². The van der Waals surface area contributed by atoms with Crippen LogP contribution in [-0.4, -0.2) is 54.6 Å². The van der Waals surface area contributed by atoms with Crippen molar-refractivity contribution in [3.63, 3.8) is 0 Å². The van der Waals surface area contributed by atoms with E-state index < -0.39 is 0 Å². The third-order valence-corrected chi connectivity index (χ3v) is 4.20. The standard InChI is InChI=1S/C18H26N6/c1-3-9-19-17-8-10-20-18(22-17)21-15-4-6-16(7-5-15)24-13-11-23(2)12-14-24/h4-8,10H,3,9,11-14H2,1-2H3,(H2,19,20,21,22). The van der Waals surface area contributed by atoms with Crippen LogP contribution >= 0.6 is 0 Å². The van der Waals surface area contributed by atoms with Gasteiger partial charge in [-0.25, -0.2) is 4.98 Å². The normalized spacial score (nSPS) is 15.3. The summed E-state index contributed by atoms with van der Waals surface area (Å²) in [5.74, 6) is 1.46. The Balaban J connectivity index is 1.62. The van der Waals surface area contributed by atoms with E-state index in [4.69, 9.17) is 0 Å². The molecule has 0 bridgehead atoms. The van der Waals surface area contributed by atoms with Crippen molar-refractivity contribution < 1.29 is 0 Å². The lowest BCUT2D eigenvalue weighted by Crippen LogP contribution is -2.44. The first-order valence-corrected chi connectivity index (χ1v) is 8.62. The number of aromatic nitrogens is 2. The van der Waals surface area contributed by atoms with E-state index in [2.05, 4.69) is 68.6 Å². The lowest BCUT2D eigenvalue weighted by Gasteiger charge is -2.34. The van der Waals surface area contributed by atoms with Crippen LogP contribution in [0.3, 0.4) is 0 Å². The van der Waals surface area contributed by atoms with Gasteiger partial charge in [0.1, 0.15) is 5.82 Å². The molecule has 0 amide bonds. The van der Waals surface area contributed by atoms with E-state index in [-0.39, 0.29) is 0 Å². The lowest BCUT2D eigenvalue weighted by molar-refractivity contribution is 0.313. The van der Waals surface area contributed by atoms with Crippen molar-refractivity contribution in [3.8, 4) is 0 Å². The van der Waals surface area contributed by atoms with Crippen LogP contribution < -0.4 is 15.5 Å². The van der Waals surface area contributed by atoms with Gasteiger partial charge in [-0.3, -0.25) is 0 Å². The summed E-state index contributed by atoms with van der Waals surface area (Å²) in [6, 6.07) is 10.4. The topological polar surface area (TPSA) is 56.3 Å². The van der Waals surface area contributed by atoms with Crippen LogP contribution in [0, 0.1) is 0 Å². The van der Waals surface area contributed by atoms with Gasteiger partial charge < -0.3 is 20.4 Å². The summed E-state index contributed by atoms with van der Waals surface area (Å²) in [6.45, 7) is 7.44. The summed E-state index contributed by atoms with van der Waals surface area (Å²) in [4.78, 5) is 13.6. The van der Waals surface area contributed by atoms with E-state index >= 15 is 0 Å². The summed E-state index contributed by atoms with van der Waals surface area (Å²) in [7, 11) is 2.17. The highest BCUT2D eigenvalue weighted by Gasteiger charge is 2.13. The van der Waals surface area contributed by atoms with Crippen LogP contribution in [-0.2, 0) is 0 Å². The highest BCUT2D eigenvalue weighted by Crippen LogP contribution is 2.21. The van der Waals surface area contributed by atoms with Gasteiger partial charge in [-0.1, -0.05) is 6.92 Å². The molecule has 1 aliphatic heterocycles. The number of likely N-dealkylation sites (N-methyl/N-ethyl adjacent to an activating group) is 1. The van der Waals surface area contributed by atoms with E-state index in [1.54, 1.807) is 6.20 Å². The molecule has 24 heavy (non-hydrogen) atoms. The molecule has 6 heteroatoms. The Labute approximate surface area is 143 Å². The maximum absolute atomic E-state index is 4.48. The maximum atomic E-state index is 4.48. The molecule has 2 heterocycles. The number of piperazine rings is 1. The zero-order valence-electron chi connectivity index (χ0n) is 14.5. The quantitative estimate of drug-likeness (QED) is 0.851. The molecule has 128 valence electrons. The molecular weight excluding hydrogens is 300 g/mol. The molecule has 1 aromatic carbocycles. The summed E-state index contributed by atoms with van der Waals surface area (Å²) < 4.78 is 0. The molecule has 3 rings (SSSR count). The fourth-order valence-electron chi connectivity index (χ4n) is 2.72. The largest absolute Gasteiger partial charge is 0.370 e. The van der Waals surface area contributed by atoms with E-state index in [0.717, 1.165) is 50.6 Å². The van der Waals surface area contributed by atoms with Crippen LogP contribution in [0.2, 0.25) is 0 Å². The van der Waals surface area contributed by atoms with Crippen molar-refractivity contribution in [3.05, 3.63) is 36.5 Å². The smallest absolute Gasteiger partial charge is 0.229 e. The van der Waals surface area contributed by atoms with E-state index in [9.17, 15) is 0 Å². The zero-order chi connectivity index (χ0) is 16.8. The molecule has 1 saturated heterocycles. The molecule has 2 aromatic rings. The minimum absolute atomic E-state index is 0.614. The summed E-state index contributed by atoms with van der Waals surface area (Å²) in [5, 5.41) is 6.54. The SMILES string of the molecule is CCCNc1ccnc(Nc2ccc(N3CCN(C)CC3)cc2)n1. The lowest BCUT2D eigenvalue weighted by atomic mass is 10.2. The second-order valence-electron chi connectivity index (χ2n) is 6.15. The average Bonchev–Trinajstić information content (AvgIpc) is 2.62. The molecule has 6 nitrogen and oxygen atoms in total. The fourth-order valence-corrected chi connectivity index (χ4v) is 2.72. The molecule has 0 saturated carbocycles. The van der Waals surface area contributed by atoms with E-state index in [1.165, 1.54) is 5.69 Å². The Kier molecular flexibility index (Phi) is 5.48. The third kappa shape index (κ3) is 4.35. The van der Waals surface area contributed by atoms with Crippen LogP contribution in [0.25, 0.3) is 0 Å². The Bertz CT molecular complexity index is 634. The molecule has 0 aliphatic carbocycles. The third-order valence-electron chi connectivity index (χ3n) is 4.20. The van der Waals surface area contributed by atoms with E-state index in [1.807, 2.05) is 6.07 Å². The molecule has 0 unspecified atom stereocenters. The highest BCUT2D eigenvalue weighted by atomic mass is 15.2. The van der Waals surface area contributed by atoms with Gasteiger partial charge in [0, 0.05) is 50.3 Å². The summed E-state index contributed by atoms with van der Waals surface area (Å²) >= 11 is 0. The Morgan fingerprint density at radius 2 is 1.79 bits per heavy atom. The second-order valence-corrected chi connectivity index (χ2v) is 6.15. The second kappa shape index (κ2) is 7.97. The highest BCUT2D eigenvalue weighted by molar-refractivity contribution is 5.60. The van der Waals surface area contributed by atoms with Crippen molar-refractivity contribution in [1.29, 1.82) is 0 Å². The molecule has 0 radical (unpaired) electrons. The summed E-state index contributed by atoms with van der Waals surface area (Å²) in [6.07, 6.45) is 2.84. The number of hydrogen-bond donors (Lipinski definition) is 2. The first-order valence-electron chi connectivity index (χ1n) is 8.62. The molecule has 1 aromatic heterocycles. The average molecular weight is 326 g/mol. The minimum atomic E-state index is 0.614. The predicted octanol–water partition coefficient (Wildman–Crippen LogP) is 2.79. The first kappa shape index (κ1) is 16.5. The van der Waals surface area contributed by atoms with Crippen LogP contribution in [0.1, 0.15) is 13.3 Å². The van der Waals surface area contributed by atoms with Gasteiger partial charge >= 0.3 is 0 Å². The number of benzene rings is 1. The fraction of sp³-hybridized carbons (Fsp3) is 0.444. The van der Waals surface area contributed by atoms with Crippen molar-refractivity contribution in [1.82, 2.24) is 14.9 Å². The number of nitrogens with one attached hydrogen (secondary N) is 2. The van der Waals surface area contributed by atoms with Gasteiger partial charge in [0.15, 0.2) is 0 Å². The van der Waals surface area contributed by atoms with Gasteiger partial charge in [-0.05, 0) is 43.8 Å². The molecule has 0 atom stereocenters. The molecule has 1 fully saturated rings. The van der Waals surface area contributed by atoms with Gasteiger partial charge in [0.2, 0.25) is 5.95 Å². The maximum Gasteiger partial charge on any atom is 0.229 e. The number of anilines is 4. The van der Waals surface area contributed by atoms with Gasteiger partial charge in [-0.15, -0.1) is 0 Å². The van der Waals surface area contributed by atoms with Gasteiger partial charge in [-0.2, -0.15) is 4.98 Å². The van der Waals surface area contributed by atoms with E-state index in [0.29, 0.717) is 5.95 Å². The molecular formula is C18H26N6. The monoisotopic (exact) mass is 326 g/mol. The zero-order valence-corrected chi connectivity index (χ0v) is 14.5. The number of nitrogens with zero attached hydrogens (tertiary/aromatic N) is 4. The summed E-state index contributed by atoms with van der Waals surface area (Å²) in [5.41, 5.74) is 2.27. The Morgan fingerprint density at radius 1 is 1.04 bits per heavy atom. The van der Waals surface area contributed by atoms with Crippen molar-refractivity contribution in [2.75, 3.05) is 55.3 Å². The molecule has 0 spiro atoms. The Morgan fingerprint density at radius 3 is 2.50 bits per heavy atom. The number of rotatable bonds is 6. The van der Waals surface area contributed by atoms with Crippen LogP contribution in [0.5, 0.6) is 0 Å². The van der Waals surface area contributed by atoms with Crippen molar-refractivity contribution >= 4 is 23.1 Å². The first-order chi connectivity index (χ1) is 11.7. The van der Waals surface area contributed by atoms with Gasteiger partial charge in [0.05, 0.1) is 0 Å². The van der Waals surface area contributed by atoms with Crippen LogP contribution in [0.15, 0.2) is 36.5 Å².